The largest absolute Gasteiger partial charge is 0.491 e. The van der Waals surface area contributed by atoms with E-state index in [0.29, 0.717) is 19.5 Å². The number of benzene rings is 2. The SMILES string of the molecule is Cc1ccc(C)c(OC[C@H](O)Cn2c([C@H]3CC(=O)N(C(C)(C)C)C3)nc3ccccc32)c1. The van der Waals surface area contributed by atoms with Crippen LogP contribution in [0.1, 0.15) is 50.1 Å². The third kappa shape index (κ3) is 4.51. The van der Waals surface area contributed by atoms with Crippen LogP contribution in [-0.2, 0) is 11.3 Å². The summed E-state index contributed by atoms with van der Waals surface area (Å²) in [5.41, 5.74) is 3.80. The Labute approximate surface area is 189 Å². The molecule has 3 aromatic rings. The molecule has 6 heteroatoms. The van der Waals surface area contributed by atoms with Crippen LogP contribution in [0.2, 0.25) is 0 Å². The van der Waals surface area contributed by atoms with Gasteiger partial charge in [0.2, 0.25) is 5.91 Å². The number of likely N-dealkylation sites (tertiary alicyclic amines) is 1. The molecule has 1 fully saturated rings. The van der Waals surface area contributed by atoms with Gasteiger partial charge in [-0.05, 0) is 63.9 Å². The summed E-state index contributed by atoms with van der Waals surface area (Å²) in [6, 6.07) is 14.0. The number of rotatable bonds is 6. The number of fused-ring (bicyclic) bond motifs is 1. The van der Waals surface area contributed by atoms with Gasteiger partial charge >= 0.3 is 0 Å². The van der Waals surface area contributed by atoms with Gasteiger partial charge in [-0.15, -0.1) is 0 Å². The van der Waals surface area contributed by atoms with Crippen molar-refractivity contribution in [1.29, 1.82) is 0 Å². The molecular formula is C26H33N3O3. The summed E-state index contributed by atoms with van der Waals surface area (Å²) >= 11 is 0. The highest BCUT2D eigenvalue weighted by atomic mass is 16.5. The van der Waals surface area contributed by atoms with Gasteiger partial charge in [-0.2, -0.15) is 0 Å². The molecule has 4 rings (SSSR count). The number of nitrogens with zero attached hydrogens (tertiary/aromatic N) is 3. The minimum Gasteiger partial charge on any atom is -0.491 e. The van der Waals surface area contributed by atoms with Crippen molar-refractivity contribution in [2.24, 2.45) is 0 Å². The minimum atomic E-state index is -0.706. The number of aromatic nitrogens is 2. The van der Waals surface area contributed by atoms with Gasteiger partial charge in [0.1, 0.15) is 24.3 Å². The molecule has 170 valence electrons. The molecule has 1 saturated heterocycles. The predicted octanol–water partition coefficient (Wildman–Crippen LogP) is 4.21. The van der Waals surface area contributed by atoms with Crippen molar-refractivity contribution < 1.29 is 14.6 Å². The molecule has 0 spiro atoms. The molecule has 2 heterocycles. The molecule has 1 amide bonds. The number of ether oxygens (including phenoxy) is 1. The summed E-state index contributed by atoms with van der Waals surface area (Å²) in [6.07, 6.45) is -0.266. The molecule has 0 radical (unpaired) electrons. The first-order valence-electron chi connectivity index (χ1n) is 11.3. The summed E-state index contributed by atoms with van der Waals surface area (Å²) < 4.78 is 8.00. The van der Waals surface area contributed by atoms with E-state index in [4.69, 9.17) is 9.72 Å². The van der Waals surface area contributed by atoms with Gasteiger partial charge in [0, 0.05) is 24.4 Å². The highest BCUT2D eigenvalue weighted by molar-refractivity contribution is 5.81. The Morgan fingerprint density at radius 2 is 1.94 bits per heavy atom. The number of imidazole rings is 1. The van der Waals surface area contributed by atoms with Crippen LogP contribution < -0.4 is 4.74 Å². The van der Waals surface area contributed by atoms with Crippen LogP contribution in [0, 0.1) is 13.8 Å². The minimum absolute atomic E-state index is 0.00117. The lowest BCUT2D eigenvalue weighted by Crippen LogP contribution is -2.42. The molecule has 6 nitrogen and oxygen atoms in total. The third-order valence-electron chi connectivity index (χ3n) is 6.15. The fourth-order valence-corrected chi connectivity index (χ4v) is 4.44. The Morgan fingerprint density at radius 3 is 2.66 bits per heavy atom. The lowest BCUT2D eigenvalue weighted by molar-refractivity contribution is -0.131. The van der Waals surface area contributed by atoms with Crippen LogP contribution in [0.5, 0.6) is 5.75 Å². The molecular weight excluding hydrogens is 402 g/mol. The number of aliphatic hydroxyl groups is 1. The molecule has 1 N–H and O–H groups in total. The number of aryl methyl sites for hydroxylation is 2. The van der Waals surface area contributed by atoms with Crippen molar-refractivity contribution >= 4 is 16.9 Å². The van der Waals surface area contributed by atoms with Crippen LogP contribution in [0.25, 0.3) is 11.0 Å². The Morgan fingerprint density at radius 1 is 1.19 bits per heavy atom. The van der Waals surface area contributed by atoms with Gasteiger partial charge in [-0.25, -0.2) is 4.98 Å². The maximum atomic E-state index is 12.7. The highest BCUT2D eigenvalue weighted by Crippen LogP contribution is 2.34. The van der Waals surface area contributed by atoms with Crippen molar-refractivity contribution in [3.63, 3.8) is 0 Å². The smallest absolute Gasteiger partial charge is 0.223 e. The van der Waals surface area contributed by atoms with Crippen LogP contribution in [0.4, 0.5) is 0 Å². The molecule has 2 aromatic carbocycles. The number of hydrogen-bond donors (Lipinski definition) is 1. The Kier molecular flexibility index (Phi) is 5.99. The second-order valence-electron chi connectivity index (χ2n) is 9.88. The van der Waals surface area contributed by atoms with Crippen LogP contribution >= 0.6 is 0 Å². The van der Waals surface area contributed by atoms with E-state index >= 15 is 0 Å². The van der Waals surface area contributed by atoms with Gasteiger partial charge in [0.05, 0.1) is 17.6 Å². The molecule has 1 aliphatic heterocycles. The first-order valence-corrected chi connectivity index (χ1v) is 11.3. The van der Waals surface area contributed by atoms with Crippen molar-refractivity contribution in [3.05, 3.63) is 59.4 Å². The van der Waals surface area contributed by atoms with Crippen molar-refractivity contribution in [2.75, 3.05) is 13.2 Å². The van der Waals surface area contributed by atoms with Crippen molar-refractivity contribution in [2.45, 2.75) is 65.1 Å². The zero-order valence-electron chi connectivity index (χ0n) is 19.6. The number of carbonyl (C=O) groups excluding carboxylic acids is 1. The second kappa shape index (κ2) is 8.58. The van der Waals surface area contributed by atoms with E-state index in [0.717, 1.165) is 33.7 Å². The highest BCUT2D eigenvalue weighted by Gasteiger charge is 2.39. The average Bonchev–Trinajstić information content (AvgIpc) is 3.29. The fraction of sp³-hybridized carbons (Fsp3) is 0.462. The van der Waals surface area contributed by atoms with Gasteiger partial charge in [-0.3, -0.25) is 4.79 Å². The molecule has 1 aromatic heterocycles. The molecule has 0 aliphatic carbocycles. The standard InChI is InChI=1S/C26H33N3O3/c1-17-10-11-18(2)23(12-17)32-16-20(30)15-28-22-9-7-6-8-21(22)27-25(28)19-13-24(31)29(14-19)26(3,4)5/h6-12,19-20,30H,13-16H2,1-5H3/t19-,20+/m0/s1. The predicted molar refractivity (Wildman–Crippen MR) is 126 cm³/mol. The van der Waals surface area contributed by atoms with Gasteiger partial charge in [-0.1, -0.05) is 24.3 Å². The van der Waals surface area contributed by atoms with E-state index < -0.39 is 6.10 Å². The lowest BCUT2D eigenvalue weighted by atomic mass is 10.1. The summed E-state index contributed by atoms with van der Waals surface area (Å²) in [5, 5.41) is 10.9. The first-order chi connectivity index (χ1) is 15.1. The van der Waals surface area contributed by atoms with Crippen LogP contribution in [-0.4, -0.2) is 50.3 Å². The monoisotopic (exact) mass is 435 g/mol. The number of amides is 1. The van der Waals surface area contributed by atoms with Gasteiger partial charge in [0.25, 0.3) is 0 Å². The van der Waals surface area contributed by atoms with Crippen LogP contribution in [0.15, 0.2) is 42.5 Å². The molecule has 1 aliphatic rings. The lowest BCUT2D eigenvalue weighted by Gasteiger charge is -2.32. The number of aliphatic hydroxyl groups excluding tert-OH is 1. The van der Waals surface area contributed by atoms with E-state index in [-0.39, 0.29) is 24.0 Å². The second-order valence-corrected chi connectivity index (χ2v) is 9.88. The maximum Gasteiger partial charge on any atom is 0.223 e. The topological polar surface area (TPSA) is 67.6 Å². The van der Waals surface area contributed by atoms with E-state index in [9.17, 15) is 9.90 Å². The first kappa shape index (κ1) is 22.3. The van der Waals surface area contributed by atoms with E-state index in [1.54, 1.807) is 0 Å². The molecule has 32 heavy (non-hydrogen) atoms. The van der Waals surface area contributed by atoms with Crippen molar-refractivity contribution in [1.82, 2.24) is 14.5 Å². The van der Waals surface area contributed by atoms with Crippen molar-refractivity contribution in [3.8, 4) is 5.75 Å². The van der Waals surface area contributed by atoms with Gasteiger partial charge < -0.3 is 19.3 Å². The normalized spacial score (nSPS) is 17.9. The number of carbonyl (C=O) groups is 1. The van der Waals surface area contributed by atoms with E-state index in [2.05, 4.69) is 25.3 Å². The number of hydrogen-bond acceptors (Lipinski definition) is 4. The third-order valence-corrected chi connectivity index (χ3v) is 6.15. The van der Waals surface area contributed by atoms with Crippen LogP contribution in [0.3, 0.4) is 0 Å². The summed E-state index contributed by atoms with van der Waals surface area (Å²) in [6.45, 7) is 11.4. The fourth-order valence-electron chi connectivity index (χ4n) is 4.44. The maximum absolute atomic E-state index is 12.7. The van der Waals surface area contributed by atoms with E-state index in [1.807, 2.05) is 61.2 Å². The molecule has 0 unspecified atom stereocenters. The summed E-state index contributed by atoms with van der Waals surface area (Å²) in [4.78, 5) is 19.5. The summed E-state index contributed by atoms with van der Waals surface area (Å²) in [7, 11) is 0. The average molecular weight is 436 g/mol. The Bertz CT molecular complexity index is 1130. The van der Waals surface area contributed by atoms with E-state index in [1.165, 1.54) is 0 Å². The zero-order valence-corrected chi connectivity index (χ0v) is 19.6. The van der Waals surface area contributed by atoms with Gasteiger partial charge in [0.15, 0.2) is 0 Å². The number of para-hydroxylation sites is 2. The molecule has 0 saturated carbocycles. The summed E-state index contributed by atoms with van der Waals surface area (Å²) in [5.74, 6) is 1.81. The molecule has 0 bridgehead atoms. The molecule has 2 atom stereocenters. The quantitative estimate of drug-likeness (QED) is 0.630. The zero-order chi connectivity index (χ0) is 23.0. The Balaban J connectivity index is 1.57. The Hall–Kier alpha value is -2.86.